The lowest BCUT2D eigenvalue weighted by Crippen LogP contribution is -2.27. The first kappa shape index (κ1) is 26.2. The lowest BCUT2D eigenvalue weighted by atomic mass is 10.00. The number of halogens is 4. The molecule has 1 aromatic carbocycles. The lowest BCUT2D eigenvalue weighted by molar-refractivity contribution is -0.142. The number of carbonyl (C=O) groups excluding carboxylic acids is 2. The van der Waals surface area contributed by atoms with Crippen molar-refractivity contribution in [1.29, 1.82) is 0 Å². The Hall–Kier alpha value is -4.46. The summed E-state index contributed by atoms with van der Waals surface area (Å²) in [4.78, 5) is 30.2. The maximum atomic E-state index is 15.2. The Kier molecular flexibility index (Phi) is 8.22. The van der Waals surface area contributed by atoms with Gasteiger partial charge in [-0.1, -0.05) is 5.92 Å². The van der Waals surface area contributed by atoms with Crippen molar-refractivity contribution < 1.29 is 41.4 Å². The SMILES string of the molecule is C#CCOc1c(F)c(F)c(/C(c2ccc[nH]2)=c2/ccc(=C(C(=O)OCC)C(=O)OCC)[nH]2)c(F)c1F. The van der Waals surface area contributed by atoms with Gasteiger partial charge < -0.3 is 24.2 Å². The third kappa shape index (κ3) is 4.98. The monoisotopic (exact) mass is 504 g/mol. The van der Waals surface area contributed by atoms with E-state index in [2.05, 4.69) is 14.7 Å². The predicted octanol–water partition coefficient (Wildman–Crippen LogP) is 2.44. The second-order valence-electron chi connectivity index (χ2n) is 7.01. The fourth-order valence-electron chi connectivity index (χ4n) is 3.37. The van der Waals surface area contributed by atoms with E-state index in [1.807, 2.05) is 5.92 Å². The van der Waals surface area contributed by atoms with Crippen LogP contribution >= 0.6 is 0 Å². The number of nitrogens with one attached hydrogen (secondary N) is 2. The molecular weight excluding hydrogens is 484 g/mol. The molecule has 0 spiro atoms. The van der Waals surface area contributed by atoms with E-state index in [1.165, 1.54) is 44.3 Å². The fourth-order valence-corrected chi connectivity index (χ4v) is 3.37. The third-order valence-corrected chi connectivity index (χ3v) is 4.82. The Morgan fingerprint density at radius 3 is 2.00 bits per heavy atom. The molecule has 0 aliphatic heterocycles. The van der Waals surface area contributed by atoms with Crippen LogP contribution in [0.4, 0.5) is 17.6 Å². The Bertz CT molecular complexity index is 1400. The van der Waals surface area contributed by atoms with Crippen LogP contribution in [0, 0.1) is 35.6 Å². The molecule has 0 aliphatic carbocycles. The van der Waals surface area contributed by atoms with Crippen molar-refractivity contribution >= 4 is 23.1 Å². The number of ether oxygens (including phenoxy) is 3. The number of benzene rings is 1. The molecule has 0 saturated heterocycles. The molecule has 0 fully saturated rings. The maximum Gasteiger partial charge on any atom is 0.347 e. The van der Waals surface area contributed by atoms with Crippen LogP contribution in [0.2, 0.25) is 0 Å². The number of rotatable bonds is 8. The fraction of sp³-hybridized carbons (Fsp3) is 0.200. The molecule has 3 rings (SSSR count). The number of aromatic amines is 2. The summed E-state index contributed by atoms with van der Waals surface area (Å²) in [6.07, 6.45) is 6.41. The van der Waals surface area contributed by atoms with Crippen LogP contribution in [0.25, 0.3) is 11.1 Å². The van der Waals surface area contributed by atoms with Crippen LogP contribution in [0.1, 0.15) is 25.1 Å². The normalized spacial score (nSPS) is 11.5. The van der Waals surface area contributed by atoms with Crippen LogP contribution in [-0.4, -0.2) is 41.7 Å². The molecule has 36 heavy (non-hydrogen) atoms. The smallest absolute Gasteiger partial charge is 0.347 e. The van der Waals surface area contributed by atoms with E-state index in [1.54, 1.807) is 0 Å². The van der Waals surface area contributed by atoms with E-state index >= 15 is 8.78 Å². The van der Waals surface area contributed by atoms with Gasteiger partial charge in [-0.15, -0.1) is 6.42 Å². The second-order valence-corrected chi connectivity index (χ2v) is 7.01. The van der Waals surface area contributed by atoms with Crippen LogP contribution in [-0.2, 0) is 19.1 Å². The van der Waals surface area contributed by atoms with Gasteiger partial charge in [0.15, 0.2) is 23.0 Å². The highest BCUT2D eigenvalue weighted by Crippen LogP contribution is 2.34. The highest BCUT2D eigenvalue weighted by atomic mass is 19.2. The van der Waals surface area contributed by atoms with Crippen molar-refractivity contribution in [3.63, 3.8) is 0 Å². The average molecular weight is 504 g/mol. The molecule has 0 bridgehead atoms. The van der Waals surface area contributed by atoms with Gasteiger partial charge in [0.1, 0.15) is 6.61 Å². The molecule has 0 radical (unpaired) electrons. The molecule has 11 heteroatoms. The molecule has 0 amide bonds. The van der Waals surface area contributed by atoms with E-state index < -0.39 is 58.7 Å². The molecule has 188 valence electrons. The van der Waals surface area contributed by atoms with Crippen molar-refractivity contribution in [1.82, 2.24) is 9.97 Å². The standard InChI is InChI=1S/C25H20F4N2O5/c1-4-12-36-23-21(28)19(26)18(20(27)22(23)29)16(13-8-7-11-30-13)14-9-10-15(31-14)17(24(32)34-5-2)25(33)35-6-3/h1,7-11,30-31H,5-6,12H2,2-3H3/b16-14-. The van der Waals surface area contributed by atoms with Gasteiger partial charge in [0, 0.05) is 22.8 Å². The minimum absolute atomic E-state index is 0.0434. The predicted molar refractivity (Wildman–Crippen MR) is 120 cm³/mol. The first-order valence-corrected chi connectivity index (χ1v) is 10.6. The summed E-state index contributed by atoms with van der Waals surface area (Å²) < 4.78 is 74.2. The molecule has 2 N–H and O–H groups in total. The third-order valence-electron chi connectivity index (χ3n) is 4.82. The van der Waals surface area contributed by atoms with Gasteiger partial charge in [-0.05, 0) is 38.1 Å². The molecule has 0 unspecified atom stereocenters. The largest absolute Gasteiger partial charge is 0.475 e. The van der Waals surface area contributed by atoms with Crippen LogP contribution in [0.15, 0.2) is 30.5 Å². The maximum absolute atomic E-state index is 15.2. The lowest BCUT2D eigenvalue weighted by Gasteiger charge is -2.13. The van der Waals surface area contributed by atoms with Gasteiger partial charge in [-0.2, -0.15) is 8.78 Å². The summed E-state index contributed by atoms with van der Waals surface area (Å²) in [5.74, 6) is -8.44. The Labute approximate surface area is 202 Å². The van der Waals surface area contributed by atoms with Gasteiger partial charge in [-0.25, -0.2) is 18.4 Å². The van der Waals surface area contributed by atoms with Crippen molar-refractivity contribution in [2.75, 3.05) is 19.8 Å². The highest BCUT2D eigenvalue weighted by molar-refractivity contribution is 6.36. The van der Waals surface area contributed by atoms with Gasteiger partial charge >= 0.3 is 11.9 Å². The minimum Gasteiger partial charge on any atom is -0.475 e. The van der Waals surface area contributed by atoms with Gasteiger partial charge in [0.2, 0.25) is 11.6 Å². The Balaban J connectivity index is 2.41. The first-order valence-electron chi connectivity index (χ1n) is 10.6. The number of aromatic nitrogens is 2. The van der Waals surface area contributed by atoms with E-state index in [-0.39, 0.29) is 35.2 Å². The molecule has 0 aliphatic rings. The number of hydrogen-bond donors (Lipinski definition) is 2. The van der Waals surface area contributed by atoms with Crippen LogP contribution in [0.5, 0.6) is 5.75 Å². The summed E-state index contributed by atoms with van der Waals surface area (Å²) in [6, 6.07) is 5.41. The van der Waals surface area contributed by atoms with Gasteiger partial charge in [0.25, 0.3) is 0 Å². The molecule has 0 saturated carbocycles. The molecular formula is C25H20F4N2O5. The summed E-state index contributed by atoms with van der Waals surface area (Å²) >= 11 is 0. The number of esters is 2. The van der Waals surface area contributed by atoms with Crippen molar-refractivity contribution in [3.8, 4) is 18.1 Å². The quantitative estimate of drug-likeness (QED) is 0.162. The van der Waals surface area contributed by atoms with Crippen LogP contribution < -0.4 is 15.4 Å². The van der Waals surface area contributed by atoms with Crippen molar-refractivity contribution in [2.45, 2.75) is 13.8 Å². The number of hydrogen-bond acceptors (Lipinski definition) is 5. The first-order chi connectivity index (χ1) is 17.3. The summed E-state index contributed by atoms with van der Waals surface area (Å²) in [7, 11) is 0. The number of carbonyl (C=O) groups is 2. The van der Waals surface area contributed by atoms with E-state index in [4.69, 9.17) is 15.9 Å². The molecule has 2 aromatic heterocycles. The number of terminal acetylenes is 1. The summed E-state index contributed by atoms with van der Waals surface area (Å²) in [6.45, 7) is 2.35. The molecule has 3 aromatic rings. The molecule has 7 nitrogen and oxygen atoms in total. The van der Waals surface area contributed by atoms with E-state index in [0.29, 0.717) is 0 Å². The zero-order valence-electron chi connectivity index (χ0n) is 19.1. The second kappa shape index (κ2) is 11.3. The van der Waals surface area contributed by atoms with Crippen LogP contribution in [0.3, 0.4) is 0 Å². The van der Waals surface area contributed by atoms with E-state index in [9.17, 15) is 18.4 Å². The highest BCUT2D eigenvalue weighted by Gasteiger charge is 2.30. The zero-order valence-corrected chi connectivity index (χ0v) is 19.1. The molecule has 0 atom stereocenters. The van der Waals surface area contributed by atoms with Crippen molar-refractivity contribution in [3.05, 3.63) is 75.7 Å². The Morgan fingerprint density at radius 1 is 0.917 bits per heavy atom. The summed E-state index contributed by atoms with van der Waals surface area (Å²) in [5, 5.41) is -0.200. The average Bonchev–Trinajstić information content (AvgIpc) is 3.54. The topological polar surface area (TPSA) is 93.4 Å². The van der Waals surface area contributed by atoms with E-state index in [0.717, 1.165) is 0 Å². The summed E-state index contributed by atoms with van der Waals surface area (Å²) in [5.41, 5.74) is -1.85. The molecule has 2 heterocycles. The Morgan fingerprint density at radius 2 is 1.50 bits per heavy atom. The van der Waals surface area contributed by atoms with Gasteiger partial charge in [-0.3, -0.25) is 0 Å². The zero-order chi connectivity index (χ0) is 26.4. The minimum atomic E-state index is -1.79. The van der Waals surface area contributed by atoms with Crippen molar-refractivity contribution in [2.24, 2.45) is 0 Å². The van der Waals surface area contributed by atoms with Gasteiger partial charge in [0.05, 0.1) is 24.1 Å². The number of H-pyrrole nitrogens is 2.